The Labute approximate surface area is 72.2 Å². The van der Waals surface area contributed by atoms with Crippen LogP contribution in [-0.2, 0) is 0 Å². The van der Waals surface area contributed by atoms with E-state index in [-0.39, 0.29) is 0 Å². The number of hydrogen-bond donors (Lipinski definition) is 1. The number of anilines is 2. The smallest absolute Gasteiger partial charge is 0.128 e. The van der Waals surface area contributed by atoms with Gasteiger partial charge in [-0.1, -0.05) is 6.92 Å². The second-order valence-corrected chi connectivity index (χ2v) is 3.46. The Morgan fingerprint density at radius 1 is 1.50 bits per heavy atom. The van der Waals surface area contributed by atoms with E-state index in [0.717, 1.165) is 30.5 Å². The van der Waals surface area contributed by atoms with Crippen molar-refractivity contribution in [1.29, 1.82) is 0 Å². The van der Waals surface area contributed by atoms with E-state index in [1.165, 1.54) is 0 Å². The van der Waals surface area contributed by atoms with Crippen molar-refractivity contribution in [3.63, 3.8) is 0 Å². The van der Waals surface area contributed by atoms with Crippen LogP contribution in [-0.4, -0.2) is 18.1 Å². The summed E-state index contributed by atoms with van der Waals surface area (Å²) in [6.07, 6.45) is 1.71. The van der Waals surface area contributed by atoms with Crippen LogP contribution in [0.5, 0.6) is 0 Å². The molecule has 0 bridgehead atoms. The minimum absolute atomic E-state index is 0.729. The van der Waals surface area contributed by atoms with Gasteiger partial charge in [0.25, 0.3) is 0 Å². The molecule has 0 unspecified atom stereocenters. The van der Waals surface area contributed by atoms with Crippen LogP contribution in [0.25, 0.3) is 0 Å². The monoisotopic (exact) mass is 163 g/mol. The molecule has 0 spiro atoms. The van der Waals surface area contributed by atoms with Crippen LogP contribution >= 0.6 is 0 Å². The highest BCUT2D eigenvalue weighted by Gasteiger charge is 2.22. The molecule has 0 aromatic carbocycles. The van der Waals surface area contributed by atoms with Crippen molar-refractivity contribution < 1.29 is 0 Å². The highest BCUT2D eigenvalue weighted by atomic mass is 15.2. The van der Waals surface area contributed by atoms with Gasteiger partial charge in [-0.3, -0.25) is 0 Å². The highest BCUT2D eigenvalue weighted by Crippen LogP contribution is 2.21. The summed E-state index contributed by atoms with van der Waals surface area (Å²) in [6, 6.07) is 3.87. The molecule has 0 atom stereocenters. The van der Waals surface area contributed by atoms with E-state index >= 15 is 0 Å². The third-order valence-electron chi connectivity index (χ3n) is 2.16. The van der Waals surface area contributed by atoms with Gasteiger partial charge in [0.2, 0.25) is 0 Å². The molecule has 0 radical (unpaired) electrons. The Balaban J connectivity index is 2.09. The van der Waals surface area contributed by atoms with E-state index in [0.29, 0.717) is 0 Å². The molecule has 3 heteroatoms. The molecule has 1 aromatic rings. The molecule has 0 aliphatic carbocycles. The highest BCUT2D eigenvalue weighted by molar-refractivity contribution is 5.47. The van der Waals surface area contributed by atoms with Gasteiger partial charge in [0, 0.05) is 13.1 Å². The predicted molar refractivity (Wildman–Crippen MR) is 50.0 cm³/mol. The summed E-state index contributed by atoms with van der Waals surface area (Å²) in [5, 5.41) is 0. The van der Waals surface area contributed by atoms with Crippen LogP contribution in [0, 0.1) is 5.92 Å². The summed E-state index contributed by atoms with van der Waals surface area (Å²) in [4.78, 5) is 6.49. The van der Waals surface area contributed by atoms with Gasteiger partial charge in [-0.05, 0) is 18.1 Å². The summed E-state index contributed by atoms with van der Waals surface area (Å²) < 4.78 is 0. The molecule has 2 N–H and O–H groups in total. The molecular weight excluding hydrogens is 150 g/mol. The van der Waals surface area contributed by atoms with Crippen molar-refractivity contribution in [3.8, 4) is 0 Å². The second kappa shape index (κ2) is 2.66. The van der Waals surface area contributed by atoms with E-state index in [9.17, 15) is 0 Å². The van der Waals surface area contributed by atoms with Crippen molar-refractivity contribution in [2.75, 3.05) is 23.7 Å². The summed E-state index contributed by atoms with van der Waals surface area (Å²) in [5.74, 6) is 1.85. The van der Waals surface area contributed by atoms with Crippen molar-refractivity contribution >= 4 is 11.5 Å². The number of nitrogens with two attached hydrogens (primary N) is 1. The average Bonchev–Trinajstić information content (AvgIpc) is 2.01. The van der Waals surface area contributed by atoms with E-state index < -0.39 is 0 Å². The summed E-state index contributed by atoms with van der Waals surface area (Å²) in [5.41, 5.74) is 6.26. The lowest BCUT2D eigenvalue weighted by Crippen LogP contribution is -2.45. The normalized spacial score (nSPS) is 17.6. The zero-order chi connectivity index (χ0) is 8.55. The fourth-order valence-electron chi connectivity index (χ4n) is 1.47. The van der Waals surface area contributed by atoms with Gasteiger partial charge in [0.15, 0.2) is 0 Å². The van der Waals surface area contributed by atoms with Crippen molar-refractivity contribution in [2.45, 2.75) is 6.92 Å². The minimum atomic E-state index is 0.729. The lowest BCUT2D eigenvalue weighted by molar-refractivity contribution is 0.443. The molecule has 0 saturated carbocycles. The third-order valence-corrected chi connectivity index (χ3v) is 2.16. The van der Waals surface area contributed by atoms with Gasteiger partial charge in [-0.15, -0.1) is 0 Å². The summed E-state index contributed by atoms with van der Waals surface area (Å²) >= 11 is 0. The standard InChI is InChI=1S/C9H13N3/c1-7-5-12(6-7)9-3-2-8(10)4-11-9/h2-4,7H,5-6,10H2,1H3. The lowest BCUT2D eigenvalue weighted by Gasteiger charge is -2.38. The Hall–Kier alpha value is -1.25. The van der Waals surface area contributed by atoms with Gasteiger partial charge in [0.1, 0.15) is 5.82 Å². The molecule has 1 aliphatic heterocycles. The van der Waals surface area contributed by atoms with Crippen LogP contribution in [0.4, 0.5) is 11.5 Å². The van der Waals surface area contributed by atoms with Crippen molar-refractivity contribution in [2.24, 2.45) is 5.92 Å². The minimum Gasteiger partial charge on any atom is -0.397 e. The van der Waals surface area contributed by atoms with E-state index in [2.05, 4.69) is 16.8 Å². The molecule has 1 fully saturated rings. The van der Waals surface area contributed by atoms with E-state index in [1.54, 1.807) is 6.20 Å². The molecule has 12 heavy (non-hydrogen) atoms. The van der Waals surface area contributed by atoms with Gasteiger partial charge in [-0.25, -0.2) is 4.98 Å². The van der Waals surface area contributed by atoms with Crippen LogP contribution in [0.2, 0.25) is 0 Å². The molecule has 1 aromatic heterocycles. The van der Waals surface area contributed by atoms with Gasteiger partial charge in [0.05, 0.1) is 11.9 Å². The molecule has 2 rings (SSSR count). The number of rotatable bonds is 1. The second-order valence-electron chi connectivity index (χ2n) is 3.46. The number of pyridine rings is 1. The quantitative estimate of drug-likeness (QED) is 0.674. The number of nitrogens with zero attached hydrogens (tertiary/aromatic N) is 2. The van der Waals surface area contributed by atoms with E-state index in [4.69, 9.17) is 5.73 Å². The van der Waals surface area contributed by atoms with Gasteiger partial charge < -0.3 is 10.6 Å². The average molecular weight is 163 g/mol. The zero-order valence-corrected chi connectivity index (χ0v) is 7.20. The summed E-state index contributed by atoms with van der Waals surface area (Å²) in [7, 11) is 0. The predicted octanol–water partition coefficient (Wildman–Crippen LogP) is 1.12. The molecule has 64 valence electrons. The van der Waals surface area contributed by atoms with Crippen molar-refractivity contribution in [3.05, 3.63) is 18.3 Å². The molecule has 0 amide bonds. The Morgan fingerprint density at radius 3 is 2.75 bits per heavy atom. The molecule has 3 nitrogen and oxygen atoms in total. The van der Waals surface area contributed by atoms with Gasteiger partial charge in [-0.2, -0.15) is 0 Å². The van der Waals surface area contributed by atoms with Gasteiger partial charge >= 0.3 is 0 Å². The first kappa shape index (κ1) is 7.40. The fraction of sp³-hybridized carbons (Fsp3) is 0.444. The third kappa shape index (κ3) is 1.22. The molecule has 1 saturated heterocycles. The van der Waals surface area contributed by atoms with Crippen LogP contribution < -0.4 is 10.6 Å². The maximum atomic E-state index is 5.53. The Morgan fingerprint density at radius 2 is 2.25 bits per heavy atom. The maximum absolute atomic E-state index is 5.53. The maximum Gasteiger partial charge on any atom is 0.128 e. The number of aromatic nitrogens is 1. The first-order valence-electron chi connectivity index (χ1n) is 4.22. The van der Waals surface area contributed by atoms with Crippen LogP contribution in [0.1, 0.15) is 6.92 Å². The largest absolute Gasteiger partial charge is 0.397 e. The van der Waals surface area contributed by atoms with Crippen LogP contribution in [0.15, 0.2) is 18.3 Å². The Bertz CT molecular complexity index is 262. The Kier molecular flexibility index (Phi) is 1.64. The fourth-order valence-corrected chi connectivity index (χ4v) is 1.47. The lowest BCUT2D eigenvalue weighted by atomic mass is 10.0. The molecule has 2 heterocycles. The van der Waals surface area contributed by atoms with Crippen LogP contribution in [0.3, 0.4) is 0 Å². The van der Waals surface area contributed by atoms with Crippen molar-refractivity contribution in [1.82, 2.24) is 4.98 Å². The zero-order valence-electron chi connectivity index (χ0n) is 7.20. The topological polar surface area (TPSA) is 42.1 Å². The summed E-state index contributed by atoms with van der Waals surface area (Å²) in [6.45, 7) is 4.49. The SMILES string of the molecule is CC1CN(c2ccc(N)cn2)C1. The first-order chi connectivity index (χ1) is 5.75. The molecule has 1 aliphatic rings. The number of nitrogen functional groups attached to an aromatic ring is 1. The first-order valence-corrected chi connectivity index (χ1v) is 4.22. The number of hydrogen-bond acceptors (Lipinski definition) is 3. The molecular formula is C9H13N3. The van der Waals surface area contributed by atoms with E-state index in [1.807, 2.05) is 12.1 Å².